The van der Waals surface area contributed by atoms with E-state index < -0.39 is 6.10 Å². The van der Waals surface area contributed by atoms with Crippen LogP contribution in [0.3, 0.4) is 0 Å². The molecule has 19 heavy (non-hydrogen) atoms. The minimum absolute atomic E-state index is 0.146. The number of hydrogen-bond donors (Lipinski definition) is 1. The normalized spacial score (nSPS) is 13.5. The van der Waals surface area contributed by atoms with Gasteiger partial charge in [0.05, 0.1) is 0 Å². The molecule has 1 atom stereocenters. The number of rotatable bonds is 3. The molecule has 2 heteroatoms. The summed E-state index contributed by atoms with van der Waals surface area (Å²) < 4.78 is 0. The Morgan fingerprint density at radius 1 is 1.11 bits per heavy atom. The zero-order valence-corrected chi connectivity index (χ0v) is 12.9. The van der Waals surface area contributed by atoms with Crippen LogP contribution >= 0.6 is 11.3 Å². The molecule has 1 N–H and O–H groups in total. The molecule has 0 aliphatic carbocycles. The standard InChI is InChI=1S/C17H22OS/c1-5-12-8-6-7-9-13(12)16(18)14-10-11-15(19-14)17(2,3)4/h6-11,16,18H,5H2,1-4H3. The quantitative estimate of drug-likeness (QED) is 0.861. The molecule has 1 unspecified atom stereocenters. The highest BCUT2D eigenvalue weighted by molar-refractivity contribution is 7.12. The first-order valence-electron chi connectivity index (χ1n) is 6.79. The Labute approximate surface area is 119 Å². The minimum atomic E-state index is -0.503. The van der Waals surface area contributed by atoms with Crippen molar-refractivity contribution in [2.75, 3.05) is 0 Å². The first kappa shape index (κ1) is 14.3. The first-order chi connectivity index (χ1) is 8.93. The van der Waals surface area contributed by atoms with E-state index in [4.69, 9.17) is 0 Å². The molecule has 102 valence electrons. The van der Waals surface area contributed by atoms with Crippen LogP contribution in [0.2, 0.25) is 0 Å². The first-order valence-corrected chi connectivity index (χ1v) is 7.61. The highest BCUT2D eigenvalue weighted by Gasteiger charge is 2.20. The Morgan fingerprint density at radius 2 is 1.79 bits per heavy atom. The molecule has 0 saturated carbocycles. The number of aryl methyl sites for hydroxylation is 1. The van der Waals surface area contributed by atoms with E-state index >= 15 is 0 Å². The second-order valence-corrected chi connectivity index (χ2v) is 7.02. The third kappa shape index (κ3) is 3.07. The Morgan fingerprint density at radius 3 is 2.37 bits per heavy atom. The summed E-state index contributed by atoms with van der Waals surface area (Å²) in [6.45, 7) is 8.74. The average Bonchev–Trinajstić information content (AvgIpc) is 2.87. The summed E-state index contributed by atoms with van der Waals surface area (Å²) in [5, 5.41) is 10.6. The van der Waals surface area contributed by atoms with Gasteiger partial charge in [-0.3, -0.25) is 0 Å². The van der Waals surface area contributed by atoms with E-state index in [-0.39, 0.29) is 5.41 Å². The van der Waals surface area contributed by atoms with Gasteiger partial charge in [0.1, 0.15) is 6.10 Å². The van der Waals surface area contributed by atoms with Gasteiger partial charge in [0.25, 0.3) is 0 Å². The van der Waals surface area contributed by atoms with Crippen LogP contribution in [0.1, 0.15) is 54.7 Å². The van der Waals surface area contributed by atoms with Crippen LogP contribution in [0, 0.1) is 0 Å². The molecule has 0 radical (unpaired) electrons. The van der Waals surface area contributed by atoms with E-state index in [1.54, 1.807) is 11.3 Å². The minimum Gasteiger partial charge on any atom is -0.383 e. The molecule has 0 aliphatic heterocycles. The fourth-order valence-corrected chi connectivity index (χ4v) is 3.25. The van der Waals surface area contributed by atoms with Gasteiger partial charge >= 0.3 is 0 Å². The summed E-state index contributed by atoms with van der Waals surface area (Å²) in [6, 6.07) is 12.3. The third-order valence-corrected chi connectivity index (χ3v) is 4.93. The van der Waals surface area contributed by atoms with Crippen LogP contribution < -0.4 is 0 Å². The van der Waals surface area contributed by atoms with Crippen LogP contribution in [0.15, 0.2) is 36.4 Å². The van der Waals surface area contributed by atoms with Crippen molar-refractivity contribution in [1.82, 2.24) is 0 Å². The largest absolute Gasteiger partial charge is 0.383 e. The molecule has 0 fully saturated rings. The van der Waals surface area contributed by atoms with E-state index in [1.807, 2.05) is 18.2 Å². The maximum Gasteiger partial charge on any atom is 0.113 e. The second-order valence-electron chi connectivity index (χ2n) is 5.91. The van der Waals surface area contributed by atoms with Crippen molar-refractivity contribution in [3.8, 4) is 0 Å². The molecule has 0 bridgehead atoms. The molecule has 1 heterocycles. The van der Waals surface area contributed by atoms with Crippen LogP contribution in [-0.2, 0) is 11.8 Å². The Kier molecular flexibility index (Phi) is 4.12. The van der Waals surface area contributed by atoms with Crippen molar-refractivity contribution in [3.63, 3.8) is 0 Å². The molecule has 0 saturated heterocycles. The van der Waals surface area contributed by atoms with Gasteiger partial charge < -0.3 is 5.11 Å². The lowest BCUT2D eigenvalue weighted by Gasteiger charge is -2.16. The predicted molar refractivity (Wildman–Crippen MR) is 82.9 cm³/mol. The van der Waals surface area contributed by atoms with E-state index in [0.717, 1.165) is 16.9 Å². The van der Waals surface area contributed by atoms with E-state index in [2.05, 4.69) is 45.9 Å². The number of benzene rings is 1. The number of thiophene rings is 1. The lowest BCUT2D eigenvalue weighted by Crippen LogP contribution is -2.08. The van der Waals surface area contributed by atoms with Crippen LogP contribution in [0.25, 0.3) is 0 Å². The van der Waals surface area contributed by atoms with E-state index in [0.29, 0.717) is 0 Å². The Balaban J connectivity index is 2.34. The van der Waals surface area contributed by atoms with Crippen LogP contribution in [0.4, 0.5) is 0 Å². The van der Waals surface area contributed by atoms with Gasteiger partial charge in [0, 0.05) is 9.75 Å². The topological polar surface area (TPSA) is 20.2 Å². The van der Waals surface area contributed by atoms with Gasteiger partial charge in [-0.25, -0.2) is 0 Å². The fraction of sp³-hybridized carbons (Fsp3) is 0.412. The molecule has 0 spiro atoms. The molecule has 2 aromatic rings. The van der Waals surface area contributed by atoms with Gasteiger partial charge in [0.15, 0.2) is 0 Å². The summed E-state index contributed by atoms with van der Waals surface area (Å²) in [6.07, 6.45) is 0.447. The lowest BCUT2D eigenvalue weighted by atomic mass is 9.95. The smallest absolute Gasteiger partial charge is 0.113 e. The average molecular weight is 274 g/mol. The second kappa shape index (κ2) is 5.48. The molecule has 1 nitrogen and oxygen atoms in total. The maximum absolute atomic E-state index is 10.6. The summed E-state index contributed by atoms with van der Waals surface area (Å²) >= 11 is 1.71. The number of aliphatic hydroxyl groups excluding tert-OH is 1. The highest BCUT2D eigenvalue weighted by Crippen LogP contribution is 2.35. The zero-order chi connectivity index (χ0) is 14.0. The van der Waals surface area contributed by atoms with Crippen molar-refractivity contribution in [2.45, 2.75) is 45.6 Å². The lowest BCUT2D eigenvalue weighted by molar-refractivity contribution is 0.223. The van der Waals surface area contributed by atoms with Gasteiger partial charge in [-0.05, 0) is 35.1 Å². The highest BCUT2D eigenvalue weighted by atomic mass is 32.1. The van der Waals surface area contributed by atoms with Gasteiger partial charge in [0.2, 0.25) is 0 Å². The van der Waals surface area contributed by atoms with Gasteiger partial charge in [-0.2, -0.15) is 0 Å². The SMILES string of the molecule is CCc1ccccc1C(O)c1ccc(C(C)(C)C)s1. The van der Waals surface area contributed by atoms with E-state index in [1.165, 1.54) is 10.4 Å². The summed E-state index contributed by atoms with van der Waals surface area (Å²) in [5.41, 5.74) is 2.40. The van der Waals surface area contributed by atoms with Gasteiger partial charge in [-0.15, -0.1) is 11.3 Å². The summed E-state index contributed by atoms with van der Waals surface area (Å²) in [5.74, 6) is 0. The van der Waals surface area contributed by atoms with Gasteiger partial charge in [-0.1, -0.05) is 52.0 Å². The molecule has 1 aromatic carbocycles. The maximum atomic E-state index is 10.6. The molecule has 0 amide bonds. The molecule has 1 aromatic heterocycles. The molecular formula is C17H22OS. The Hall–Kier alpha value is -1.12. The molecule has 2 rings (SSSR count). The Bertz CT molecular complexity index is 548. The van der Waals surface area contributed by atoms with Crippen molar-refractivity contribution in [2.24, 2.45) is 0 Å². The summed E-state index contributed by atoms with van der Waals surface area (Å²) in [4.78, 5) is 2.35. The summed E-state index contributed by atoms with van der Waals surface area (Å²) in [7, 11) is 0. The number of hydrogen-bond acceptors (Lipinski definition) is 2. The molecule has 0 aliphatic rings. The molecular weight excluding hydrogens is 252 g/mol. The van der Waals surface area contributed by atoms with Crippen molar-refractivity contribution < 1.29 is 5.11 Å². The van der Waals surface area contributed by atoms with Crippen molar-refractivity contribution >= 4 is 11.3 Å². The predicted octanol–water partition coefficient (Wildman–Crippen LogP) is 4.69. The number of aliphatic hydroxyl groups is 1. The monoisotopic (exact) mass is 274 g/mol. The van der Waals surface area contributed by atoms with Crippen LogP contribution in [0.5, 0.6) is 0 Å². The van der Waals surface area contributed by atoms with Crippen molar-refractivity contribution in [1.29, 1.82) is 0 Å². The third-order valence-electron chi connectivity index (χ3n) is 3.37. The zero-order valence-electron chi connectivity index (χ0n) is 12.1. The van der Waals surface area contributed by atoms with Crippen molar-refractivity contribution in [3.05, 3.63) is 57.3 Å². The van der Waals surface area contributed by atoms with Crippen LogP contribution in [-0.4, -0.2) is 5.11 Å². The van der Waals surface area contributed by atoms with E-state index in [9.17, 15) is 5.11 Å². The fourth-order valence-electron chi connectivity index (χ4n) is 2.18.